The van der Waals surface area contributed by atoms with Crippen molar-refractivity contribution in [1.29, 1.82) is 0 Å². The molecule has 1 aliphatic rings. The zero-order valence-electron chi connectivity index (χ0n) is 9.81. The highest BCUT2D eigenvalue weighted by molar-refractivity contribution is 8.01. The van der Waals surface area contributed by atoms with Gasteiger partial charge in [-0.05, 0) is 19.8 Å². The summed E-state index contributed by atoms with van der Waals surface area (Å²) >= 11 is 1.43. The Bertz CT molecular complexity index is 334. The molecule has 1 aliphatic heterocycles. The van der Waals surface area contributed by atoms with Crippen molar-refractivity contribution in [3.8, 4) is 0 Å². The summed E-state index contributed by atoms with van der Waals surface area (Å²) in [4.78, 5) is 13.7. The Labute approximate surface area is 102 Å². The lowest BCUT2D eigenvalue weighted by atomic mass is 10.4. The number of sulfone groups is 1. The van der Waals surface area contributed by atoms with Crippen LogP contribution < -0.4 is 0 Å². The van der Waals surface area contributed by atoms with Crippen molar-refractivity contribution >= 4 is 27.5 Å². The lowest BCUT2D eigenvalue weighted by molar-refractivity contribution is -0.129. The first-order chi connectivity index (χ1) is 7.40. The number of rotatable bonds is 5. The molecular formula is C10H19NO3S2. The molecule has 0 aromatic rings. The van der Waals surface area contributed by atoms with E-state index in [4.69, 9.17) is 0 Å². The predicted octanol–water partition coefficient (Wildman–Crippen LogP) is 0.775. The number of carbonyl (C=O) groups is 1. The van der Waals surface area contributed by atoms with Crippen molar-refractivity contribution in [2.24, 2.45) is 0 Å². The quantitative estimate of drug-likeness (QED) is 0.737. The maximum absolute atomic E-state index is 11.9. The first-order valence-corrected chi connectivity index (χ1v) is 8.59. The molecule has 6 heteroatoms. The Hall–Kier alpha value is -0.230. The monoisotopic (exact) mass is 265 g/mol. The number of nitrogens with zero attached hydrogens (tertiary/aromatic N) is 1. The maximum atomic E-state index is 11.9. The Morgan fingerprint density at radius 2 is 1.94 bits per heavy atom. The van der Waals surface area contributed by atoms with Gasteiger partial charge in [0.05, 0.1) is 11.0 Å². The van der Waals surface area contributed by atoms with Crippen LogP contribution in [0.3, 0.4) is 0 Å². The lowest BCUT2D eigenvalue weighted by Gasteiger charge is -2.19. The van der Waals surface area contributed by atoms with Crippen LogP contribution in [0.5, 0.6) is 0 Å². The van der Waals surface area contributed by atoms with Crippen molar-refractivity contribution in [3.63, 3.8) is 0 Å². The van der Waals surface area contributed by atoms with Gasteiger partial charge in [0.15, 0.2) is 0 Å². The molecule has 0 aromatic carbocycles. The largest absolute Gasteiger partial charge is 0.342 e. The molecule has 0 radical (unpaired) electrons. The van der Waals surface area contributed by atoms with Crippen LogP contribution in [0.1, 0.15) is 19.8 Å². The summed E-state index contributed by atoms with van der Waals surface area (Å²) in [7, 11) is -2.91. The fraction of sp³-hybridized carbons (Fsp3) is 0.900. The predicted molar refractivity (Wildman–Crippen MR) is 67.4 cm³/mol. The summed E-state index contributed by atoms with van der Waals surface area (Å²) in [6.45, 7) is 3.57. The Morgan fingerprint density at radius 1 is 1.38 bits per heavy atom. The fourth-order valence-corrected chi connectivity index (χ4v) is 3.88. The Morgan fingerprint density at radius 3 is 2.44 bits per heavy atom. The SMILES string of the molecule is C[C@@H](SCCS(C)(=O)=O)C(=O)N1CCCC1. The lowest BCUT2D eigenvalue weighted by Crippen LogP contribution is -2.34. The van der Waals surface area contributed by atoms with Gasteiger partial charge in [0.1, 0.15) is 9.84 Å². The van der Waals surface area contributed by atoms with Crippen LogP contribution in [0.15, 0.2) is 0 Å². The molecule has 0 spiro atoms. The van der Waals surface area contributed by atoms with Crippen LogP contribution in [0.25, 0.3) is 0 Å². The van der Waals surface area contributed by atoms with E-state index in [9.17, 15) is 13.2 Å². The van der Waals surface area contributed by atoms with E-state index < -0.39 is 9.84 Å². The summed E-state index contributed by atoms with van der Waals surface area (Å²) < 4.78 is 21.9. The van der Waals surface area contributed by atoms with Crippen molar-refractivity contribution in [2.75, 3.05) is 30.9 Å². The zero-order chi connectivity index (χ0) is 12.2. The van der Waals surface area contributed by atoms with Gasteiger partial charge in [-0.15, -0.1) is 11.8 Å². The van der Waals surface area contributed by atoms with E-state index in [2.05, 4.69) is 0 Å². The molecule has 1 saturated heterocycles. The second-order valence-electron chi connectivity index (χ2n) is 4.18. The van der Waals surface area contributed by atoms with Gasteiger partial charge < -0.3 is 4.90 Å². The average Bonchev–Trinajstić information content (AvgIpc) is 2.67. The van der Waals surface area contributed by atoms with Gasteiger partial charge in [-0.2, -0.15) is 0 Å². The van der Waals surface area contributed by atoms with E-state index in [0.717, 1.165) is 25.9 Å². The molecule has 0 aromatic heterocycles. The summed E-state index contributed by atoms with van der Waals surface area (Å²) in [6.07, 6.45) is 3.40. The molecule has 0 saturated carbocycles. The molecular weight excluding hydrogens is 246 g/mol. The van der Waals surface area contributed by atoms with Crippen molar-refractivity contribution in [1.82, 2.24) is 4.90 Å². The van der Waals surface area contributed by atoms with Crippen LogP contribution in [0.2, 0.25) is 0 Å². The second kappa shape index (κ2) is 5.91. The van der Waals surface area contributed by atoms with Crippen LogP contribution in [0, 0.1) is 0 Å². The second-order valence-corrected chi connectivity index (χ2v) is 7.88. The van der Waals surface area contributed by atoms with Crippen LogP contribution in [0.4, 0.5) is 0 Å². The Balaban J connectivity index is 2.28. The summed E-state index contributed by atoms with van der Waals surface area (Å²) in [6, 6.07) is 0. The molecule has 1 heterocycles. The van der Waals surface area contributed by atoms with Crippen molar-refractivity contribution < 1.29 is 13.2 Å². The fourth-order valence-electron chi connectivity index (χ4n) is 1.64. The third kappa shape index (κ3) is 4.74. The first kappa shape index (κ1) is 13.8. The summed E-state index contributed by atoms with van der Waals surface area (Å²) in [5.41, 5.74) is 0. The topological polar surface area (TPSA) is 54.5 Å². The van der Waals surface area contributed by atoms with Gasteiger partial charge in [0.25, 0.3) is 0 Å². The molecule has 0 bridgehead atoms. The van der Waals surface area contributed by atoms with Crippen LogP contribution >= 0.6 is 11.8 Å². The number of amides is 1. The third-order valence-corrected chi connectivity index (χ3v) is 4.93. The molecule has 0 unspecified atom stereocenters. The molecule has 1 fully saturated rings. The highest BCUT2D eigenvalue weighted by Crippen LogP contribution is 2.17. The van der Waals surface area contributed by atoms with Gasteiger partial charge >= 0.3 is 0 Å². The van der Waals surface area contributed by atoms with Crippen molar-refractivity contribution in [3.05, 3.63) is 0 Å². The molecule has 1 atom stereocenters. The van der Waals surface area contributed by atoms with Gasteiger partial charge in [-0.1, -0.05) is 0 Å². The first-order valence-electron chi connectivity index (χ1n) is 5.48. The molecule has 94 valence electrons. The van der Waals surface area contributed by atoms with E-state index in [1.165, 1.54) is 18.0 Å². The number of thioether (sulfide) groups is 1. The smallest absolute Gasteiger partial charge is 0.235 e. The van der Waals surface area contributed by atoms with Gasteiger partial charge in [0.2, 0.25) is 5.91 Å². The standard InChI is InChI=1S/C10H19NO3S2/c1-9(15-7-8-16(2,13)14)10(12)11-5-3-4-6-11/h9H,3-8H2,1-2H3/t9-/m1/s1. The number of likely N-dealkylation sites (tertiary alicyclic amines) is 1. The maximum Gasteiger partial charge on any atom is 0.235 e. The van der Waals surface area contributed by atoms with Gasteiger partial charge in [0, 0.05) is 25.1 Å². The van der Waals surface area contributed by atoms with E-state index in [1.54, 1.807) is 0 Å². The highest BCUT2D eigenvalue weighted by atomic mass is 32.2. The molecule has 0 aliphatic carbocycles. The van der Waals surface area contributed by atoms with Gasteiger partial charge in [-0.3, -0.25) is 4.79 Å². The van der Waals surface area contributed by atoms with Crippen LogP contribution in [-0.4, -0.2) is 55.3 Å². The summed E-state index contributed by atoms with van der Waals surface area (Å²) in [5, 5.41) is -0.125. The number of hydrogen-bond donors (Lipinski definition) is 0. The van der Waals surface area contributed by atoms with Gasteiger partial charge in [-0.25, -0.2) is 8.42 Å². The minimum atomic E-state index is -2.91. The highest BCUT2D eigenvalue weighted by Gasteiger charge is 2.23. The van der Waals surface area contributed by atoms with Crippen molar-refractivity contribution in [2.45, 2.75) is 25.0 Å². The number of hydrogen-bond acceptors (Lipinski definition) is 4. The summed E-state index contributed by atoms with van der Waals surface area (Å²) in [5.74, 6) is 0.797. The Kier molecular flexibility index (Phi) is 5.11. The molecule has 16 heavy (non-hydrogen) atoms. The van der Waals surface area contributed by atoms with Crippen LogP contribution in [-0.2, 0) is 14.6 Å². The molecule has 0 N–H and O–H groups in total. The van der Waals surface area contributed by atoms with E-state index in [1.807, 2.05) is 11.8 Å². The molecule has 1 amide bonds. The average molecular weight is 265 g/mol. The minimum Gasteiger partial charge on any atom is -0.342 e. The third-order valence-electron chi connectivity index (χ3n) is 2.59. The molecule has 1 rings (SSSR count). The zero-order valence-corrected chi connectivity index (χ0v) is 11.4. The van der Waals surface area contributed by atoms with E-state index in [0.29, 0.717) is 5.75 Å². The number of carbonyl (C=O) groups excluding carboxylic acids is 1. The van der Waals surface area contributed by atoms with E-state index in [-0.39, 0.29) is 16.9 Å². The minimum absolute atomic E-state index is 0.125. The molecule has 4 nitrogen and oxygen atoms in total. The van der Waals surface area contributed by atoms with E-state index >= 15 is 0 Å². The normalized spacial score (nSPS) is 18.8.